The molecule has 1 aliphatic carbocycles. The third kappa shape index (κ3) is 3.11. The summed E-state index contributed by atoms with van der Waals surface area (Å²) in [4.78, 5) is 13.9. The summed E-state index contributed by atoms with van der Waals surface area (Å²) in [5.74, 6) is 1.04. The lowest BCUT2D eigenvalue weighted by molar-refractivity contribution is -0.135. The number of nitrogens with zero attached hydrogens (tertiary/aromatic N) is 1. The van der Waals surface area contributed by atoms with Gasteiger partial charge in [-0.2, -0.15) is 0 Å². The van der Waals surface area contributed by atoms with E-state index in [0.717, 1.165) is 25.9 Å². The number of hydrogen-bond donors (Lipinski definition) is 1. The largest absolute Gasteiger partial charge is 0.342 e. The average Bonchev–Trinajstić information content (AvgIpc) is 2.93. The minimum atomic E-state index is 0. The maximum Gasteiger partial charge on any atom is 0.222 e. The van der Waals surface area contributed by atoms with Crippen LogP contribution in [0.2, 0.25) is 0 Å². The highest BCUT2D eigenvalue weighted by molar-refractivity contribution is 5.85. The van der Waals surface area contributed by atoms with Crippen LogP contribution in [-0.4, -0.2) is 29.9 Å². The SMILES string of the molecule is CC1(C)CN(C(=O)CC2CC2)CCC1N.Cl. The van der Waals surface area contributed by atoms with Crippen molar-refractivity contribution < 1.29 is 4.79 Å². The molecular weight excluding hydrogens is 224 g/mol. The summed E-state index contributed by atoms with van der Waals surface area (Å²) in [5, 5.41) is 0. The van der Waals surface area contributed by atoms with E-state index < -0.39 is 0 Å². The van der Waals surface area contributed by atoms with E-state index >= 15 is 0 Å². The molecule has 1 atom stereocenters. The Bertz CT molecular complexity index is 264. The van der Waals surface area contributed by atoms with Gasteiger partial charge in [0.25, 0.3) is 0 Å². The fraction of sp³-hybridized carbons (Fsp3) is 0.917. The summed E-state index contributed by atoms with van der Waals surface area (Å²) < 4.78 is 0. The lowest BCUT2D eigenvalue weighted by Gasteiger charge is -2.42. The van der Waals surface area contributed by atoms with E-state index in [1.54, 1.807) is 0 Å². The van der Waals surface area contributed by atoms with E-state index in [-0.39, 0.29) is 23.9 Å². The highest BCUT2D eigenvalue weighted by Crippen LogP contribution is 2.34. The molecule has 1 unspecified atom stereocenters. The van der Waals surface area contributed by atoms with E-state index in [9.17, 15) is 4.79 Å². The molecule has 94 valence electrons. The standard InChI is InChI=1S/C12H22N2O.ClH/c1-12(2)8-14(6-5-10(12)13)11(15)7-9-3-4-9;/h9-10H,3-8,13H2,1-2H3;1H. The lowest BCUT2D eigenvalue weighted by atomic mass is 9.79. The number of halogens is 1. The Morgan fingerprint density at radius 2 is 2.00 bits per heavy atom. The fourth-order valence-corrected chi connectivity index (χ4v) is 2.28. The van der Waals surface area contributed by atoms with Crippen LogP contribution in [0.15, 0.2) is 0 Å². The van der Waals surface area contributed by atoms with Gasteiger partial charge in [0.1, 0.15) is 0 Å². The summed E-state index contributed by atoms with van der Waals surface area (Å²) in [6, 6.07) is 0.238. The monoisotopic (exact) mass is 246 g/mol. The van der Waals surface area contributed by atoms with Gasteiger partial charge in [-0.3, -0.25) is 4.79 Å². The quantitative estimate of drug-likeness (QED) is 0.808. The second kappa shape index (κ2) is 4.92. The van der Waals surface area contributed by atoms with Crippen LogP contribution in [0.25, 0.3) is 0 Å². The highest BCUT2D eigenvalue weighted by Gasteiger charge is 2.36. The average molecular weight is 247 g/mol. The number of likely N-dealkylation sites (tertiary alicyclic amines) is 1. The van der Waals surface area contributed by atoms with Gasteiger partial charge in [0.05, 0.1) is 0 Å². The molecule has 1 amide bonds. The normalized spacial score (nSPS) is 28.4. The Labute approximate surface area is 104 Å². The van der Waals surface area contributed by atoms with Gasteiger partial charge in [-0.05, 0) is 30.6 Å². The first-order chi connectivity index (χ1) is 6.99. The van der Waals surface area contributed by atoms with Crippen molar-refractivity contribution in [1.29, 1.82) is 0 Å². The second-order valence-corrected chi connectivity index (χ2v) is 5.85. The minimum Gasteiger partial charge on any atom is -0.342 e. The van der Waals surface area contributed by atoms with E-state index in [1.165, 1.54) is 12.8 Å². The fourth-order valence-electron chi connectivity index (χ4n) is 2.28. The van der Waals surface area contributed by atoms with E-state index in [0.29, 0.717) is 11.8 Å². The first-order valence-corrected chi connectivity index (χ1v) is 6.02. The zero-order chi connectivity index (χ0) is 11.1. The first-order valence-electron chi connectivity index (χ1n) is 6.02. The third-order valence-electron chi connectivity index (χ3n) is 3.83. The molecule has 1 saturated heterocycles. The van der Waals surface area contributed by atoms with Crippen molar-refractivity contribution in [2.45, 2.75) is 45.6 Å². The predicted molar refractivity (Wildman–Crippen MR) is 67.5 cm³/mol. The summed E-state index contributed by atoms with van der Waals surface area (Å²) in [6.07, 6.45) is 4.22. The molecule has 2 aliphatic rings. The molecule has 1 aliphatic heterocycles. The van der Waals surface area contributed by atoms with Gasteiger partial charge < -0.3 is 10.6 Å². The van der Waals surface area contributed by atoms with Crippen LogP contribution in [0.1, 0.15) is 39.5 Å². The van der Waals surface area contributed by atoms with Crippen molar-refractivity contribution in [3.05, 3.63) is 0 Å². The van der Waals surface area contributed by atoms with Gasteiger partial charge in [0, 0.05) is 25.6 Å². The Morgan fingerprint density at radius 1 is 1.38 bits per heavy atom. The molecule has 2 rings (SSSR count). The number of carbonyl (C=O) groups excluding carboxylic acids is 1. The van der Waals surface area contributed by atoms with Crippen molar-refractivity contribution in [3.8, 4) is 0 Å². The minimum absolute atomic E-state index is 0. The maximum atomic E-state index is 11.9. The highest BCUT2D eigenvalue weighted by atomic mass is 35.5. The molecule has 0 aromatic carbocycles. The second-order valence-electron chi connectivity index (χ2n) is 5.85. The van der Waals surface area contributed by atoms with Crippen LogP contribution in [0.5, 0.6) is 0 Å². The molecular formula is C12H23ClN2O. The van der Waals surface area contributed by atoms with Gasteiger partial charge >= 0.3 is 0 Å². The molecule has 2 fully saturated rings. The lowest BCUT2D eigenvalue weighted by Crippen LogP contribution is -2.54. The Balaban J connectivity index is 0.00000128. The van der Waals surface area contributed by atoms with Crippen molar-refractivity contribution in [1.82, 2.24) is 4.90 Å². The topological polar surface area (TPSA) is 46.3 Å². The summed E-state index contributed by atoms with van der Waals surface area (Å²) in [6.45, 7) is 6.01. The number of rotatable bonds is 2. The molecule has 0 aromatic rings. The molecule has 3 nitrogen and oxygen atoms in total. The van der Waals surface area contributed by atoms with E-state index in [2.05, 4.69) is 13.8 Å². The zero-order valence-corrected chi connectivity index (χ0v) is 11.1. The van der Waals surface area contributed by atoms with Crippen LogP contribution in [0, 0.1) is 11.3 Å². The zero-order valence-electron chi connectivity index (χ0n) is 10.2. The first kappa shape index (κ1) is 13.8. The van der Waals surface area contributed by atoms with Gasteiger partial charge in [-0.25, -0.2) is 0 Å². The molecule has 0 aromatic heterocycles. The number of nitrogens with two attached hydrogens (primary N) is 1. The molecule has 16 heavy (non-hydrogen) atoms. The molecule has 1 saturated carbocycles. The molecule has 0 bridgehead atoms. The third-order valence-corrected chi connectivity index (χ3v) is 3.83. The Hall–Kier alpha value is -0.280. The number of piperidine rings is 1. The molecule has 4 heteroatoms. The summed E-state index contributed by atoms with van der Waals surface area (Å²) in [5.41, 5.74) is 6.13. The molecule has 2 N–H and O–H groups in total. The van der Waals surface area contributed by atoms with Gasteiger partial charge in [0.15, 0.2) is 0 Å². The molecule has 0 spiro atoms. The van der Waals surface area contributed by atoms with Crippen LogP contribution < -0.4 is 5.73 Å². The number of hydrogen-bond acceptors (Lipinski definition) is 2. The van der Waals surface area contributed by atoms with Gasteiger partial charge in [-0.15, -0.1) is 12.4 Å². The molecule has 0 radical (unpaired) electrons. The summed E-state index contributed by atoms with van der Waals surface area (Å²) >= 11 is 0. The predicted octanol–water partition coefficient (Wildman–Crippen LogP) is 1.79. The van der Waals surface area contributed by atoms with Crippen molar-refractivity contribution in [3.63, 3.8) is 0 Å². The summed E-state index contributed by atoms with van der Waals surface area (Å²) in [7, 11) is 0. The Morgan fingerprint density at radius 3 is 2.50 bits per heavy atom. The van der Waals surface area contributed by atoms with Crippen LogP contribution in [0.4, 0.5) is 0 Å². The van der Waals surface area contributed by atoms with Crippen LogP contribution in [0.3, 0.4) is 0 Å². The van der Waals surface area contributed by atoms with Crippen molar-refractivity contribution in [2.75, 3.05) is 13.1 Å². The van der Waals surface area contributed by atoms with Crippen LogP contribution >= 0.6 is 12.4 Å². The number of amides is 1. The number of carbonyl (C=O) groups is 1. The maximum absolute atomic E-state index is 11.9. The Kier molecular flexibility index (Phi) is 4.24. The smallest absolute Gasteiger partial charge is 0.222 e. The van der Waals surface area contributed by atoms with Gasteiger partial charge in [0.2, 0.25) is 5.91 Å². The van der Waals surface area contributed by atoms with E-state index in [1.807, 2.05) is 4.90 Å². The van der Waals surface area contributed by atoms with Crippen molar-refractivity contribution in [2.24, 2.45) is 17.1 Å². The van der Waals surface area contributed by atoms with Gasteiger partial charge in [-0.1, -0.05) is 13.8 Å². The van der Waals surface area contributed by atoms with E-state index in [4.69, 9.17) is 5.73 Å². The van der Waals surface area contributed by atoms with Crippen molar-refractivity contribution >= 4 is 18.3 Å². The molecule has 1 heterocycles. The van der Waals surface area contributed by atoms with Crippen LogP contribution in [-0.2, 0) is 4.79 Å².